The van der Waals surface area contributed by atoms with E-state index in [-0.39, 0.29) is 11.4 Å². The van der Waals surface area contributed by atoms with Crippen molar-refractivity contribution < 1.29 is 4.79 Å². The highest BCUT2D eigenvalue weighted by molar-refractivity contribution is 5.98. The number of rotatable bonds is 6. The summed E-state index contributed by atoms with van der Waals surface area (Å²) in [7, 11) is 0. The lowest BCUT2D eigenvalue weighted by atomic mass is 9.95. The van der Waals surface area contributed by atoms with Crippen LogP contribution in [0.5, 0.6) is 0 Å². The molecule has 0 saturated carbocycles. The maximum Gasteiger partial charge on any atom is 0.253 e. The Morgan fingerprint density at radius 3 is 2.62 bits per heavy atom. The van der Waals surface area contributed by atoms with Crippen LogP contribution < -0.4 is 5.32 Å². The van der Waals surface area contributed by atoms with Crippen molar-refractivity contribution in [2.45, 2.75) is 45.6 Å². The second-order valence-electron chi connectivity index (χ2n) is 7.55. The number of hydrogen-bond acceptors (Lipinski definition) is 2. The number of pyridine rings is 1. The van der Waals surface area contributed by atoms with Gasteiger partial charge in [-0.1, -0.05) is 48.5 Å². The highest BCUT2D eigenvalue weighted by Gasteiger charge is 2.21. The number of hydrogen-bond donors (Lipinski definition) is 1. The van der Waals surface area contributed by atoms with Crippen molar-refractivity contribution in [2.75, 3.05) is 0 Å². The van der Waals surface area contributed by atoms with Crippen LogP contribution in [0.1, 0.15) is 48.2 Å². The molecular formula is C23H26N2O. The molecule has 0 aliphatic carbocycles. The summed E-state index contributed by atoms with van der Waals surface area (Å²) in [6.07, 6.45) is 4.65. The molecule has 2 aromatic carbocycles. The summed E-state index contributed by atoms with van der Waals surface area (Å²) in [5.74, 6) is -0.0642. The van der Waals surface area contributed by atoms with Crippen LogP contribution in [0.3, 0.4) is 0 Å². The first kappa shape index (κ1) is 18.1. The topological polar surface area (TPSA) is 42.0 Å². The van der Waals surface area contributed by atoms with E-state index in [1.165, 1.54) is 5.56 Å². The van der Waals surface area contributed by atoms with Crippen LogP contribution in [-0.4, -0.2) is 16.4 Å². The maximum atomic E-state index is 12.7. The lowest BCUT2D eigenvalue weighted by molar-refractivity contribution is 0.0908. The van der Waals surface area contributed by atoms with Crippen LogP contribution in [0.4, 0.5) is 0 Å². The molecule has 0 saturated heterocycles. The number of para-hydroxylation sites is 1. The van der Waals surface area contributed by atoms with Gasteiger partial charge in [0.1, 0.15) is 0 Å². The zero-order valence-electron chi connectivity index (χ0n) is 15.8. The molecule has 0 fully saturated rings. The normalized spacial score (nSPS) is 11.5. The number of nitrogens with zero attached hydrogens (tertiary/aromatic N) is 1. The summed E-state index contributed by atoms with van der Waals surface area (Å²) in [4.78, 5) is 17.1. The minimum Gasteiger partial charge on any atom is -0.347 e. The van der Waals surface area contributed by atoms with Gasteiger partial charge in [0.15, 0.2) is 0 Å². The third-order valence-electron chi connectivity index (χ3n) is 4.74. The molecule has 26 heavy (non-hydrogen) atoms. The summed E-state index contributed by atoms with van der Waals surface area (Å²) < 4.78 is 0. The summed E-state index contributed by atoms with van der Waals surface area (Å²) in [5.41, 5.74) is 3.76. The summed E-state index contributed by atoms with van der Waals surface area (Å²) in [6.45, 7) is 6.19. The average Bonchev–Trinajstić information content (AvgIpc) is 2.62. The Morgan fingerprint density at radius 1 is 1.08 bits per heavy atom. The molecule has 3 aromatic rings. The lowest BCUT2D eigenvalue weighted by Crippen LogP contribution is -2.43. The van der Waals surface area contributed by atoms with Crippen LogP contribution in [0.15, 0.2) is 60.8 Å². The molecule has 3 nitrogen and oxygen atoms in total. The van der Waals surface area contributed by atoms with Gasteiger partial charge < -0.3 is 5.32 Å². The minimum absolute atomic E-state index is 0.0642. The van der Waals surface area contributed by atoms with Crippen molar-refractivity contribution in [3.8, 4) is 0 Å². The van der Waals surface area contributed by atoms with Gasteiger partial charge in [0, 0.05) is 17.1 Å². The van der Waals surface area contributed by atoms with Gasteiger partial charge in [-0.3, -0.25) is 9.78 Å². The maximum absolute atomic E-state index is 12.7. The van der Waals surface area contributed by atoms with E-state index >= 15 is 0 Å². The Kier molecular flexibility index (Phi) is 5.36. The molecule has 134 valence electrons. The standard InChI is InChI=1S/C23H26N2O/c1-17-9-7-13-19-15-20(16-24-21(17)19)22(26)25-23(2,3)14-8-12-18-10-5-4-6-11-18/h4-7,9-11,13,15-16H,8,12,14H2,1-3H3,(H,25,26). The molecule has 0 radical (unpaired) electrons. The van der Waals surface area contributed by atoms with Gasteiger partial charge >= 0.3 is 0 Å². The first-order valence-electron chi connectivity index (χ1n) is 9.16. The zero-order chi connectivity index (χ0) is 18.6. The van der Waals surface area contributed by atoms with Crippen LogP contribution >= 0.6 is 0 Å². The lowest BCUT2D eigenvalue weighted by Gasteiger charge is -2.26. The fourth-order valence-corrected chi connectivity index (χ4v) is 3.26. The van der Waals surface area contributed by atoms with Gasteiger partial charge in [-0.15, -0.1) is 0 Å². The van der Waals surface area contributed by atoms with E-state index in [4.69, 9.17) is 0 Å². The monoisotopic (exact) mass is 346 g/mol. The third kappa shape index (κ3) is 4.48. The Balaban J connectivity index is 1.62. The van der Waals surface area contributed by atoms with Crippen molar-refractivity contribution >= 4 is 16.8 Å². The number of aryl methyl sites for hydroxylation is 2. The molecule has 0 unspecified atom stereocenters. The average molecular weight is 346 g/mol. The Labute approximate surface area is 155 Å². The zero-order valence-corrected chi connectivity index (χ0v) is 15.8. The predicted molar refractivity (Wildman–Crippen MR) is 107 cm³/mol. The van der Waals surface area contributed by atoms with Crippen LogP contribution in [0, 0.1) is 6.92 Å². The number of carbonyl (C=O) groups is 1. The predicted octanol–water partition coefficient (Wildman–Crippen LogP) is 5.07. The second kappa shape index (κ2) is 7.69. The van der Waals surface area contributed by atoms with Crippen molar-refractivity contribution in [3.05, 3.63) is 77.5 Å². The first-order chi connectivity index (χ1) is 12.4. The summed E-state index contributed by atoms with van der Waals surface area (Å²) in [5, 5.41) is 4.16. The van der Waals surface area contributed by atoms with E-state index in [1.54, 1.807) is 6.20 Å². The van der Waals surface area contributed by atoms with E-state index in [1.807, 2.05) is 37.3 Å². The molecule has 1 N–H and O–H groups in total. The largest absolute Gasteiger partial charge is 0.347 e. The van der Waals surface area contributed by atoms with Crippen molar-refractivity contribution in [1.29, 1.82) is 0 Å². The smallest absolute Gasteiger partial charge is 0.253 e. The summed E-state index contributed by atoms with van der Waals surface area (Å²) >= 11 is 0. The highest BCUT2D eigenvalue weighted by atomic mass is 16.1. The number of aromatic nitrogens is 1. The van der Waals surface area contributed by atoms with Gasteiger partial charge in [-0.25, -0.2) is 0 Å². The van der Waals surface area contributed by atoms with E-state index in [0.29, 0.717) is 5.56 Å². The molecule has 0 aliphatic rings. The Hall–Kier alpha value is -2.68. The number of benzene rings is 2. The molecular weight excluding hydrogens is 320 g/mol. The number of nitrogens with one attached hydrogen (secondary N) is 1. The van der Waals surface area contributed by atoms with E-state index in [9.17, 15) is 4.79 Å². The van der Waals surface area contributed by atoms with Gasteiger partial charge in [0.25, 0.3) is 5.91 Å². The molecule has 0 aliphatic heterocycles. The molecule has 0 spiro atoms. The molecule has 1 heterocycles. The van der Waals surface area contributed by atoms with Crippen molar-refractivity contribution in [1.82, 2.24) is 10.3 Å². The second-order valence-corrected chi connectivity index (χ2v) is 7.55. The van der Waals surface area contributed by atoms with Crippen LogP contribution in [0.2, 0.25) is 0 Å². The number of carbonyl (C=O) groups excluding carboxylic acids is 1. The third-order valence-corrected chi connectivity index (χ3v) is 4.74. The fourth-order valence-electron chi connectivity index (χ4n) is 3.26. The van der Waals surface area contributed by atoms with Crippen LogP contribution in [-0.2, 0) is 6.42 Å². The van der Waals surface area contributed by atoms with Crippen molar-refractivity contribution in [3.63, 3.8) is 0 Å². The Morgan fingerprint density at radius 2 is 1.85 bits per heavy atom. The van der Waals surface area contributed by atoms with E-state index < -0.39 is 0 Å². The van der Waals surface area contributed by atoms with Crippen molar-refractivity contribution in [2.24, 2.45) is 0 Å². The first-order valence-corrected chi connectivity index (χ1v) is 9.16. The van der Waals surface area contributed by atoms with Crippen LogP contribution in [0.25, 0.3) is 10.9 Å². The fraction of sp³-hybridized carbons (Fsp3) is 0.304. The van der Waals surface area contributed by atoms with Gasteiger partial charge in [0.05, 0.1) is 11.1 Å². The molecule has 0 atom stereocenters. The van der Waals surface area contributed by atoms with E-state index in [2.05, 4.69) is 48.4 Å². The SMILES string of the molecule is Cc1cccc2cc(C(=O)NC(C)(C)CCCc3ccccc3)cnc12. The number of amides is 1. The molecule has 1 aromatic heterocycles. The van der Waals surface area contributed by atoms with E-state index in [0.717, 1.165) is 35.7 Å². The van der Waals surface area contributed by atoms with Gasteiger partial charge in [-0.2, -0.15) is 0 Å². The molecule has 3 heteroatoms. The molecule has 0 bridgehead atoms. The minimum atomic E-state index is -0.257. The Bertz CT molecular complexity index is 900. The quantitative estimate of drug-likeness (QED) is 0.677. The molecule has 1 amide bonds. The highest BCUT2D eigenvalue weighted by Crippen LogP contribution is 2.19. The molecule has 3 rings (SSSR count). The summed E-state index contributed by atoms with van der Waals surface area (Å²) in [6, 6.07) is 18.4. The number of fused-ring (bicyclic) bond motifs is 1. The van der Waals surface area contributed by atoms with Gasteiger partial charge in [-0.05, 0) is 57.2 Å². The van der Waals surface area contributed by atoms with Gasteiger partial charge in [0.2, 0.25) is 0 Å².